The summed E-state index contributed by atoms with van der Waals surface area (Å²) in [5.41, 5.74) is 0. The first-order valence-electron chi connectivity index (χ1n) is 3.47. The van der Waals surface area contributed by atoms with Crippen molar-refractivity contribution in [1.29, 1.82) is 0 Å². The molecule has 2 radical (unpaired) electrons. The molecule has 14 N–H and O–H groups in total. The molecule has 0 aliphatic carbocycles. The fourth-order valence-corrected chi connectivity index (χ4v) is 0.666. The Kier molecular flexibility index (Phi) is 30.5. The largest absolute Gasteiger partial charge is 0.479 e. The Labute approximate surface area is 136 Å². The molecule has 13 heteroatoms. The summed E-state index contributed by atoms with van der Waals surface area (Å²) < 4.78 is 0. The van der Waals surface area contributed by atoms with Crippen LogP contribution in [0.25, 0.3) is 0 Å². The van der Waals surface area contributed by atoms with Crippen molar-refractivity contribution in [2.24, 2.45) is 0 Å². The normalized spacial score (nSPS) is 14.3. The van der Waals surface area contributed by atoms with Gasteiger partial charge in [0, 0.05) is 37.7 Å². The van der Waals surface area contributed by atoms with Gasteiger partial charge in [0.1, 0.15) is 12.2 Å². The summed E-state index contributed by atoms with van der Waals surface area (Å²) in [7, 11) is 0. The van der Waals surface area contributed by atoms with Gasteiger partial charge >= 0.3 is 11.9 Å². The van der Waals surface area contributed by atoms with Crippen molar-refractivity contribution in [2.45, 2.75) is 24.4 Å². The van der Waals surface area contributed by atoms with Gasteiger partial charge in [-0.1, -0.05) is 0 Å². The van der Waals surface area contributed by atoms with Crippen LogP contribution < -0.4 is 0 Å². The van der Waals surface area contributed by atoms with Gasteiger partial charge in [-0.2, -0.15) is 0 Å². The zero-order valence-electron chi connectivity index (χ0n) is 9.52. The number of hydrogen-bond donors (Lipinski definition) is 6. The zero-order chi connectivity index (χ0) is 11.5. The molecule has 0 spiro atoms. The predicted molar refractivity (Wildman–Crippen MR) is 59.5 cm³/mol. The Hall–Kier alpha value is -0.120. The van der Waals surface area contributed by atoms with Crippen molar-refractivity contribution in [3.63, 3.8) is 0 Å². The number of carboxylic acid groups (broad SMARTS) is 2. The van der Waals surface area contributed by atoms with Crippen molar-refractivity contribution in [3.05, 3.63) is 0 Å². The van der Waals surface area contributed by atoms with Crippen LogP contribution in [-0.4, -0.2) is 127 Å². The van der Waals surface area contributed by atoms with Crippen LogP contribution in [0.15, 0.2) is 0 Å². The second kappa shape index (κ2) is 15.9. The van der Waals surface area contributed by atoms with Gasteiger partial charge in [-0.05, 0) is 0 Å². The van der Waals surface area contributed by atoms with E-state index in [0.717, 1.165) is 0 Å². The molecule has 0 rings (SSSR count). The van der Waals surface area contributed by atoms with Crippen LogP contribution in [-0.2, 0) is 9.59 Å². The second-order valence-corrected chi connectivity index (χ2v) is 2.55. The third-order valence-corrected chi connectivity index (χ3v) is 1.50. The molecule has 0 heterocycles. The average Bonchev–Trinajstić information content (AvgIpc) is 2.12. The maximum atomic E-state index is 10.1. The van der Waals surface area contributed by atoms with Crippen molar-refractivity contribution < 1.29 is 62.1 Å². The molecule has 0 unspecified atom stereocenters. The monoisotopic (exact) mass is 322 g/mol. The van der Waals surface area contributed by atoms with E-state index in [1.165, 1.54) is 0 Å². The van der Waals surface area contributed by atoms with Crippen molar-refractivity contribution in [3.8, 4) is 0 Å². The van der Waals surface area contributed by atoms with E-state index in [1.54, 1.807) is 0 Å². The molecule has 0 aromatic carbocycles. The van der Waals surface area contributed by atoms with Gasteiger partial charge in [0.2, 0.25) is 0 Å². The minimum atomic E-state index is -2.36. The van der Waals surface area contributed by atoms with E-state index in [4.69, 9.17) is 30.6 Å². The number of hydrogen-bond acceptors (Lipinski definition) is 6. The third-order valence-electron chi connectivity index (χ3n) is 1.50. The Morgan fingerprint density at radius 3 is 0.895 bits per heavy atom. The van der Waals surface area contributed by atoms with Crippen LogP contribution >= 0.6 is 0 Å². The summed E-state index contributed by atoms with van der Waals surface area (Å²) in [5, 5.41) is 51.5. The molecule has 0 bridgehead atoms. The quantitative estimate of drug-likeness (QED) is 0.263. The molecule has 0 saturated heterocycles. The van der Waals surface area contributed by atoms with Gasteiger partial charge in [0.25, 0.3) is 0 Å². The minimum Gasteiger partial charge on any atom is -0.479 e. The first kappa shape index (κ1) is 36.4. The van der Waals surface area contributed by atoms with Crippen molar-refractivity contribution in [1.82, 2.24) is 0 Å². The fourth-order valence-electron chi connectivity index (χ4n) is 0.666. The Balaban J connectivity index is -0.0000000845. The molecule has 4 atom stereocenters. The van der Waals surface area contributed by atoms with E-state index in [9.17, 15) is 9.59 Å². The molecule has 0 saturated carbocycles. The summed E-state index contributed by atoms with van der Waals surface area (Å²) in [6.07, 6.45) is -9.28. The predicted octanol–water partition coefficient (Wildman–Crippen LogP) is -7.08. The van der Waals surface area contributed by atoms with E-state index in [-0.39, 0.29) is 59.6 Å². The van der Waals surface area contributed by atoms with Crippen LogP contribution in [0.1, 0.15) is 0 Å². The maximum absolute atomic E-state index is 10.1. The summed E-state index contributed by atoms with van der Waals surface area (Å²) in [4.78, 5) is 20.2. The number of aliphatic carboxylic acids is 2. The molecule has 0 aromatic heterocycles. The van der Waals surface area contributed by atoms with E-state index in [1.807, 2.05) is 0 Å². The van der Waals surface area contributed by atoms with E-state index in [0.29, 0.717) is 0 Å². The van der Waals surface area contributed by atoms with Crippen LogP contribution in [0.4, 0.5) is 0 Å². The SMILES string of the molecule is O.O.O.O.O=C(O)[C@@H](O)[C@@H](O)[C@H](O)[C@@H](O)C(=O)O.[Ca]. The number of rotatable bonds is 5. The van der Waals surface area contributed by atoms with Gasteiger partial charge in [-0.25, -0.2) is 9.59 Å². The van der Waals surface area contributed by atoms with Crippen LogP contribution in [0.3, 0.4) is 0 Å². The first-order valence-corrected chi connectivity index (χ1v) is 3.47. The minimum absolute atomic E-state index is 0. The maximum Gasteiger partial charge on any atom is 0.335 e. The molecule has 12 nitrogen and oxygen atoms in total. The molecule has 0 aliphatic rings. The van der Waals surface area contributed by atoms with Gasteiger partial charge < -0.3 is 52.5 Å². The summed E-state index contributed by atoms with van der Waals surface area (Å²) in [6, 6.07) is 0. The first-order chi connectivity index (χ1) is 6.29. The van der Waals surface area contributed by atoms with Crippen molar-refractivity contribution in [2.75, 3.05) is 0 Å². The summed E-state index contributed by atoms with van der Waals surface area (Å²) >= 11 is 0. The summed E-state index contributed by atoms with van der Waals surface area (Å²) in [5.74, 6) is -3.68. The van der Waals surface area contributed by atoms with E-state index < -0.39 is 36.4 Å². The Morgan fingerprint density at radius 2 is 0.789 bits per heavy atom. The third kappa shape index (κ3) is 11.4. The molecule has 0 fully saturated rings. The van der Waals surface area contributed by atoms with Crippen LogP contribution in [0, 0.1) is 0 Å². The molecular weight excluding hydrogens is 304 g/mol. The topological polar surface area (TPSA) is 282 Å². The van der Waals surface area contributed by atoms with E-state index >= 15 is 0 Å². The Bertz CT molecular complexity index is 210. The standard InChI is InChI=1S/C6H10O8.Ca.4H2O/c7-1(3(9)5(11)12)2(8)4(10)6(13)14;;;;;/h1-4,7-10H,(H,11,12)(H,13,14);;4*1H2/t1-,2-,3-,4+;;;;;/m0...../s1. The van der Waals surface area contributed by atoms with E-state index in [2.05, 4.69) is 0 Å². The molecule has 116 valence electrons. The molecular formula is C6H18CaO12. The second-order valence-electron chi connectivity index (χ2n) is 2.55. The molecule has 0 aromatic rings. The Morgan fingerprint density at radius 1 is 0.632 bits per heavy atom. The fraction of sp³-hybridized carbons (Fsp3) is 0.667. The van der Waals surface area contributed by atoms with Gasteiger partial charge in [0.05, 0.1) is 0 Å². The van der Waals surface area contributed by atoms with Gasteiger partial charge in [-0.15, -0.1) is 0 Å². The van der Waals surface area contributed by atoms with Gasteiger partial charge in [-0.3, -0.25) is 0 Å². The molecule has 0 aliphatic heterocycles. The number of aliphatic hydroxyl groups is 4. The smallest absolute Gasteiger partial charge is 0.335 e. The summed E-state index contributed by atoms with van der Waals surface area (Å²) in [6.45, 7) is 0. The molecule has 0 amide bonds. The van der Waals surface area contributed by atoms with Crippen LogP contribution in [0.5, 0.6) is 0 Å². The molecule has 19 heavy (non-hydrogen) atoms. The number of carbonyl (C=O) groups is 2. The van der Waals surface area contributed by atoms with Crippen LogP contribution in [0.2, 0.25) is 0 Å². The number of aliphatic hydroxyl groups excluding tert-OH is 4. The zero-order valence-corrected chi connectivity index (χ0v) is 11.7. The van der Waals surface area contributed by atoms with Crippen molar-refractivity contribution >= 4 is 49.7 Å². The number of carboxylic acids is 2. The average molecular weight is 322 g/mol. The van der Waals surface area contributed by atoms with Gasteiger partial charge in [0.15, 0.2) is 12.2 Å².